The minimum absolute atomic E-state index is 0.0195. The van der Waals surface area contributed by atoms with Gasteiger partial charge in [-0.25, -0.2) is 9.59 Å². The van der Waals surface area contributed by atoms with Gasteiger partial charge in [-0.3, -0.25) is 0 Å². The van der Waals surface area contributed by atoms with Crippen molar-refractivity contribution in [3.05, 3.63) is 78.4 Å². The van der Waals surface area contributed by atoms with Crippen LogP contribution >= 0.6 is 0 Å². The number of benzene rings is 2. The summed E-state index contributed by atoms with van der Waals surface area (Å²) in [5, 5.41) is 11.6. The van der Waals surface area contributed by atoms with Crippen molar-refractivity contribution < 1.29 is 24.2 Å². The molecule has 136 valence electrons. The fourth-order valence-corrected chi connectivity index (χ4v) is 2.22. The van der Waals surface area contributed by atoms with Crippen LogP contribution in [0.25, 0.3) is 0 Å². The van der Waals surface area contributed by atoms with E-state index < -0.39 is 18.1 Å². The highest BCUT2D eigenvalue weighted by molar-refractivity contribution is 5.80. The predicted octanol–water partition coefficient (Wildman–Crippen LogP) is 3.17. The lowest BCUT2D eigenvalue weighted by atomic mass is 10.1. The summed E-state index contributed by atoms with van der Waals surface area (Å²) in [4.78, 5) is 22.8. The zero-order chi connectivity index (χ0) is 18.8. The van der Waals surface area contributed by atoms with E-state index in [4.69, 9.17) is 9.47 Å². The highest BCUT2D eigenvalue weighted by Gasteiger charge is 2.21. The molecule has 6 nitrogen and oxygen atoms in total. The number of ether oxygens (including phenoxy) is 2. The minimum Gasteiger partial charge on any atom is -0.489 e. The van der Waals surface area contributed by atoms with E-state index in [2.05, 4.69) is 11.9 Å². The third-order valence-electron chi connectivity index (χ3n) is 3.53. The minimum atomic E-state index is -1.13. The summed E-state index contributed by atoms with van der Waals surface area (Å²) in [6, 6.07) is 15.8. The number of amides is 1. The Morgan fingerprint density at radius 3 is 2.38 bits per heavy atom. The van der Waals surface area contributed by atoms with E-state index >= 15 is 0 Å². The lowest BCUT2D eigenvalue weighted by molar-refractivity contribution is -0.139. The van der Waals surface area contributed by atoms with Gasteiger partial charge in [-0.2, -0.15) is 0 Å². The molecule has 0 fully saturated rings. The lowest BCUT2D eigenvalue weighted by Crippen LogP contribution is -2.42. The molecule has 0 aliphatic carbocycles. The molecule has 0 unspecified atom stereocenters. The predicted molar refractivity (Wildman–Crippen MR) is 97.0 cm³/mol. The Hall–Kier alpha value is -3.28. The molecule has 2 N–H and O–H groups in total. The standard InChI is InChI=1S/C20H21NO5/c1-2-12-25-20(24)21-18(19(22)23)13-15-8-10-17(11-9-15)26-14-16-6-4-3-5-7-16/h2-11,18H,1,12-14H2,(H,21,24)(H,22,23)/t18-/m1/s1. The number of nitrogens with one attached hydrogen (secondary N) is 1. The second-order valence-electron chi connectivity index (χ2n) is 5.54. The molecular weight excluding hydrogens is 334 g/mol. The number of hydrogen-bond donors (Lipinski definition) is 2. The van der Waals surface area contributed by atoms with E-state index in [9.17, 15) is 14.7 Å². The molecule has 0 bridgehead atoms. The average molecular weight is 355 g/mol. The van der Waals surface area contributed by atoms with Gasteiger partial charge in [0.1, 0.15) is 25.0 Å². The van der Waals surface area contributed by atoms with Crippen molar-refractivity contribution >= 4 is 12.1 Å². The summed E-state index contributed by atoms with van der Waals surface area (Å²) < 4.78 is 10.4. The van der Waals surface area contributed by atoms with Crippen LogP contribution in [0, 0.1) is 0 Å². The first kappa shape index (κ1) is 19.1. The van der Waals surface area contributed by atoms with Crippen LogP contribution < -0.4 is 10.1 Å². The normalized spacial score (nSPS) is 11.2. The van der Waals surface area contributed by atoms with Crippen LogP contribution in [0.4, 0.5) is 4.79 Å². The van der Waals surface area contributed by atoms with E-state index in [1.807, 2.05) is 30.3 Å². The maximum absolute atomic E-state index is 11.5. The average Bonchev–Trinajstić information content (AvgIpc) is 2.66. The highest BCUT2D eigenvalue weighted by atomic mass is 16.5. The fraction of sp³-hybridized carbons (Fsp3) is 0.200. The Labute approximate surface area is 152 Å². The lowest BCUT2D eigenvalue weighted by Gasteiger charge is -2.14. The number of hydrogen-bond acceptors (Lipinski definition) is 4. The molecular formula is C20H21NO5. The monoisotopic (exact) mass is 355 g/mol. The number of carbonyl (C=O) groups excluding carboxylic acids is 1. The molecule has 0 radical (unpaired) electrons. The second-order valence-corrected chi connectivity index (χ2v) is 5.54. The number of alkyl carbamates (subject to hydrolysis) is 1. The molecule has 0 aromatic heterocycles. The van der Waals surface area contributed by atoms with Gasteiger partial charge < -0.3 is 19.9 Å². The number of carboxylic acid groups (broad SMARTS) is 1. The molecule has 2 rings (SSSR count). The number of aliphatic carboxylic acids is 1. The topological polar surface area (TPSA) is 84.9 Å². The van der Waals surface area contributed by atoms with Gasteiger partial charge in [0.25, 0.3) is 0 Å². The highest BCUT2D eigenvalue weighted by Crippen LogP contribution is 2.15. The van der Waals surface area contributed by atoms with Crippen molar-refractivity contribution in [2.45, 2.75) is 19.1 Å². The van der Waals surface area contributed by atoms with Crippen LogP contribution in [0.3, 0.4) is 0 Å². The molecule has 0 saturated carbocycles. The van der Waals surface area contributed by atoms with Crippen LogP contribution in [0.1, 0.15) is 11.1 Å². The first-order valence-corrected chi connectivity index (χ1v) is 8.11. The Bertz CT molecular complexity index is 728. The largest absolute Gasteiger partial charge is 0.489 e. The van der Waals surface area contributed by atoms with Crippen molar-refractivity contribution in [2.24, 2.45) is 0 Å². The van der Waals surface area contributed by atoms with Crippen LogP contribution in [0.2, 0.25) is 0 Å². The van der Waals surface area contributed by atoms with Crippen molar-refractivity contribution in [3.63, 3.8) is 0 Å². The molecule has 26 heavy (non-hydrogen) atoms. The maximum atomic E-state index is 11.5. The van der Waals surface area contributed by atoms with Gasteiger partial charge in [-0.1, -0.05) is 55.1 Å². The van der Waals surface area contributed by atoms with Crippen LogP contribution in [0.5, 0.6) is 5.75 Å². The molecule has 2 aromatic rings. The number of carboxylic acids is 1. The smallest absolute Gasteiger partial charge is 0.408 e. The van der Waals surface area contributed by atoms with Gasteiger partial charge in [0.2, 0.25) is 0 Å². The summed E-state index contributed by atoms with van der Waals surface area (Å²) in [6.45, 7) is 3.90. The van der Waals surface area contributed by atoms with E-state index in [1.165, 1.54) is 6.08 Å². The molecule has 0 aliphatic rings. The Morgan fingerprint density at radius 2 is 1.77 bits per heavy atom. The van der Waals surface area contributed by atoms with E-state index in [0.717, 1.165) is 11.1 Å². The van der Waals surface area contributed by atoms with Gasteiger partial charge >= 0.3 is 12.1 Å². The quantitative estimate of drug-likeness (QED) is 0.675. The fourth-order valence-electron chi connectivity index (χ4n) is 2.22. The van der Waals surface area contributed by atoms with Crippen molar-refractivity contribution in [3.8, 4) is 5.75 Å². The summed E-state index contributed by atoms with van der Waals surface area (Å²) in [6.07, 6.45) is 0.751. The first-order chi connectivity index (χ1) is 12.6. The third kappa shape index (κ3) is 6.32. The summed E-state index contributed by atoms with van der Waals surface area (Å²) >= 11 is 0. The van der Waals surface area contributed by atoms with E-state index in [-0.39, 0.29) is 13.0 Å². The Kier molecular flexibility index (Phi) is 7.24. The van der Waals surface area contributed by atoms with Gasteiger partial charge in [0, 0.05) is 6.42 Å². The molecule has 1 atom stereocenters. The number of rotatable bonds is 9. The van der Waals surface area contributed by atoms with Gasteiger partial charge in [-0.15, -0.1) is 0 Å². The Morgan fingerprint density at radius 1 is 1.08 bits per heavy atom. The van der Waals surface area contributed by atoms with Crippen LogP contribution in [-0.2, 0) is 22.6 Å². The summed E-state index contributed by atoms with van der Waals surface area (Å²) in [7, 11) is 0. The van der Waals surface area contributed by atoms with E-state index in [1.54, 1.807) is 24.3 Å². The summed E-state index contributed by atoms with van der Waals surface area (Å²) in [5.74, 6) is -0.451. The Balaban J connectivity index is 1.90. The molecule has 0 aliphatic heterocycles. The molecule has 6 heteroatoms. The van der Waals surface area contributed by atoms with Crippen LogP contribution in [0.15, 0.2) is 67.3 Å². The van der Waals surface area contributed by atoms with Gasteiger partial charge in [0.05, 0.1) is 0 Å². The molecule has 0 heterocycles. The van der Waals surface area contributed by atoms with Gasteiger partial charge in [0.15, 0.2) is 0 Å². The molecule has 2 aromatic carbocycles. The van der Waals surface area contributed by atoms with E-state index in [0.29, 0.717) is 12.4 Å². The zero-order valence-electron chi connectivity index (χ0n) is 14.3. The maximum Gasteiger partial charge on any atom is 0.408 e. The number of carbonyl (C=O) groups is 2. The molecule has 0 saturated heterocycles. The van der Waals surface area contributed by atoms with Crippen molar-refractivity contribution in [1.82, 2.24) is 5.32 Å². The molecule has 0 spiro atoms. The van der Waals surface area contributed by atoms with Gasteiger partial charge in [-0.05, 0) is 23.3 Å². The van der Waals surface area contributed by atoms with Crippen molar-refractivity contribution in [2.75, 3.05) is 6.61 Å². The summed E-state index contributed by atoms with van der Waals surface area (Å²) in [5.41, 5.74) is 1.82. The SMILES string of the molecule is C=CCOC(=O)N[C@H](Cc1ccc(OCc2ccccc2)cc1)C(=O)O. The van der Waals surface area contributed by atoms with Crippen LogP contribution in [-0.4, -0.2) is 29.8 Å². The zero-order valence-corrected chi connectivity index (χ0v) is 14.3. The molecule has 1 amide bonds. The second kappa shape index (κ2) is 9.88. The third-order valence-corrected chi connectivity index (χ3v) is 3.53. The van der Waals surface area contributed by atoms with Crippen molar-refractivity contribution in [1.29, 1.82) is 0 Å². The first-order valence-electron chi connectivity index (χ1n) is 8.11.